The van der Waals surface area contributed by atoms with E-state index in [1.54, 1.807) is 6.20 Å². The normalized spacial score (nSPS) is 19.0. The molecule has 1 aromatic rings. The van der Waals surface area contributed by atoms with Crippen molar-refractivity contribution >= 4 is 0 Å². The monoisotopic (exact) mass is 107 g/mol. The van der Waals surface area contributed by atoms with Gasteiger partial charge in [0, 0.05) is 18.2 Å². The minimum atomic E-state index is 0.737. The molecule has 0 spiro atoms. The molecule has 0 aromatic carbocycles. The summed E-state index contributed by atoms with van der Waals surface area (Å²) in [5, 5.41) is 6.74. The molecule has 1 aliphatic rings. The highest BCUT2D eigenvalue weighted by atomic mass is 15.1. The Labute approximate surface area is 47.9 Å². The van der Waals surface area contributed by atoms with Crippen LogP contribution in [0.25, 0.3) is 0 Å². The van der Waals surface area contributed by atoms with Crippen LogP contribution in [0.2, 0.25) is 0 Å². The van der Waals surface area contributed by atoms with Crippen molar-refractivity contribution < 1.29 is 0 Å². The van der Waals surface area contributed by atoms with E-state index in [1.165, 1.54) is 12.8 Å². The summed E-state index contributed by atoms with van der Waals surface area (Å²) < 4.78 is 0. The lowest BCUT2D eigenvalue weighted by molar-refractivity contribution is 0.964. The zero-order valence-corrected chi connectivity index (χ0v) is 4.52. The first-order chi connectivity index (χ1) is 3.97. The number of nitrogens with one attached hydrogen (secondary N) is 1. The first-order valence-electron chi connectivity index (χ1n) is 2.88. The van der Waals surface area contributed by atoms with Crippen LogP contribution in [-0.2, 0) is 0 Å². The van der Waals surface area contributed by atoms with Crippen LogP contribution >= 0.6 is 0 Å². The van der Waals surface area contributed by atoms with E-state index in [4.69, 9.17) is 0 Å². The number of H-pyrrole nitrogens is 1. The quantitative estimate of drug-likeness (QED) is 0.571. The molecule has 1 aromatic heterocycles. The molecule has 0 atom stereocenters. The van der Waals surface area contributed by atoms with Crippen molar-refractivity contribution in [1.82, 2.24) is 10.2 Å². The van der Waals surface area contributed by atoms with Crippen LogP contribution in [0, 0.1) is 6.07 Å². The number of rotatable bonds is 1. The van der Waals surface area contributed by atoms with Crippen molar-refractivity contribution in [2.24, 2.45) is 0 Å². The van der Waals surface area contributed by atoms with Crippen LogP contribution in [0.5, 0.6) is 0 Å². The van der Waals surface area contributed by atoms with Gasteiger partial charge < -0.3 is 0 Å². The second-order valence-corrected chi connectivity index (χ2v) is 2.19. The fourth-order valence-corrected chi connectivity index (χ4v) is 0.806. The largest absolute Gasteiger partial charge is 0.285 e. The van der Waals surface area contributed by atoms with Crippen LogP contribution in [0.1, 0.15) is 24.5 Å². The highest BCUT2D eigenvalue weighted by molar-refractivity contribution is 5.09. The second kappa shape index (κ2) is 1.34. The first kappa shape index (κ1) is 4.13. The standard InChI is InChI=1S/C6H7N2/c1-2-5(1)6-3-4-7-8-6/h4-5H,1-2H2,(H,7,8). The Bertz CT molecular complexity index is 163. The molecule has 0 amide bonds. The average molecular weight is 107 g/mol. The highest BCUT2D eigenvalue weighted by Crippen LogP contribution is 2.38. The summed E-state index contributed by atoms with van der Waals surface area (Å²) in [7, 11) is 0. The van der Waals surface area contributed by atoms with Gasteiger partial charge in [-0.3, -0.25) is 5.10 Å². The fourth-order valence-electron chi connectivity index (χ4n) is 0.806. The van der Waals surface area contributed by atoms with Gasteiger partial charge in [-0.2, -0.15) is 5.10 Å². The molecule has 1 fully saturated rings. The Kier molecular flexibility index (Phi) is 0.692. The van der Waals surface area contributed by atoms with Crippen molar-refractivity contribution in [3.63, 3.8) is 0 Å². The van der Waals surface area contributed by atoms with Gasteiger partial charge in [-0.25, -0.2) is 0 Å². The lowest BCUT2D eigenvalue weighted by Crippen LogP contribution is -1.76. The maximum Gasteiger partial charge on any atom is 0.0732 e. The maximum absolute atomic E-state index is 4.00. The van der Waals surface area contributed by atoms with Gasteiger partial charge in [-0.05, 0) is 12.8 Å². The van der Waals surface area contributed by atoms with Crippen molar-refractivity contribution in [2.75, 3.05) is 0 Å². The Hall–Kier alpha value is -0.790. The van der Waals surface area contributed by atoms with Crippen LogP contribution in [0.15, 0.2) is 6.20 Å². The maximum atomic E-state index is 4.00. The molecule has 0 bridgehead atoms. The lowest BCUT2D eigenvalue weighted by atomic mass is 10.3. The summed E-state index contributed by atoms with van der Waals surface area (Å²) in [5.41, 5.74) is 1.12. The van der Waals surface area contributed by atoms with Gasteiger partial charge in [0.15, 0.2) is 0 Å². The van der Waals surface area contributed by atoms with Crippen LogP contribution < -0.4 is 0 Å². The third-order valence-electron chi connectivity index (χ3n) is 1.43. The number of aromatic amines is 1. The number of hydrogen-bond donors (Lipinski definition) is 1. The number of nitrogens with zero attached hydrogens (tertiary/aromatic N) is 1. The van der Waals surface area contributed by atoms with E-state index in [0.29, 0.717) is 0 Å². The van der Waals surface area contributed by atoms with E-state index in [2.05, 4.69) is 16.3 Å². The number of hydrogen-bond acceptors (Lipinski definition) is 1. The zero-order chi connectivity index (χ0) is 5.40. The van der Waals surface area contributed by atoms with Crippen molar-refractivity contribution in [3.05, 3.63) is 18.0 Å². The summed E-state index contributed by atoms with van der Waals surface area (Å²) in [6.45, 7) is 0. The highest BCUT2D eigenvalue weighted by Gasteiger charge is 2.25. The van der Waals surface area contributed by atoms with Gasteiger partial charge in [-0.15, -0.1) is 0 Å². The average Bonchev–Trinajstić information content (AvgIpc) is 2.49. The van der Waals surface area contributed by atoms with Crippen molar-refractivity contribution in [2.45, 2.75) is 18.8 Å². The van der Waals surface area contributed by atoms with E-state index in [9.17, 15) is 0 Å². The van der Waals surface area contributed by atoms with E-state index in [1.807, 2.05) is 0 Å². The predicted molar refractivity (Wildman–Crippen MR) is 29.4 cm³/mol. The van der Waals surface area contributed by atoms with E-state index >= 15 is 0 Å². The minimum Gasteiger partial charge on any atom is -0.285 e. The topological polar surface area (TPSA) is 28.7 Å². The fraction of sp³-hybridized carbons (Fsp3) is 0.500. The van der Waals surface area contributed by atoms with Crippen LogP contribution in [0.4, 0.5) is 0 Å². The van der Waals surface area contributed by atoms with E-state index in [-0.39, 0.29) is 0 Å². The van der Waals surface area contributed by atoms with Crippen LogP contribution in [-0.4, -0.2) is 10.2 Å². The summed E-state index contributed by atoms with van der Waals surface area (Å²) in [6, 6.07) is 3.03. The smallest absolute Gasteiger partial charge is 0.0732 e. The summed E-state index contributed by atoms with van der Waals surface area (Å²) >= 11 is 0. The Balaban J connectivity index is 2.28. The minimum absolute atomic E-state index is 0.737. The summed E-state index contributed by atoms with van der Waals surface area (Å²) in [4.78, 5) is 0. The molecule has 41 valence electrons. The molecule has 1 heterocycles. The molecular formula is C6H7N2. The summed E-state index contributed by atoms with van der Waals surface area (Å²) in [6.07, 6.45) is 4.37. The molecule has 0 aliphatic heterocycles. The van der Waals surface area contributed by atoms with Gasteiger partial charge in [0.25, 0.3) is 0 Å². The molecule has 2 heteroatoms. The van der Waals surface area contributed by atoms with Crippen molar-refractivity contribution in [3.8, 4) is 0 Å². The van der Waals surface area contributed by atoms with Gasteiger partial charge in [0.1, 0.15) is 0 Å². The SMILES string of the molecule is [c]1c[nH]nc1C1CC1. The Morgan fingerprint density at radius 3 is 3.12 bits per heavy atom. The van der Waals surface area contributed by atoms with Gasteiger partial charge >= 0.3 is 0 Å². The third-order valence-corrected chi connectivity index (χ3v) is 1.43. The Morgan fingerprint density at radius 1 is 1.75 bits per heavy atom. The molecule has 0 saturated heterocycles. The molecule has 8 heavy (non-hydrogen) atoms. The molecule has 1 saturated carbocycles. The van der Waals surface area contributed by atoms with Gasteiger partial charge in [-0.1, -0.05) is 0 Å². The van der Waals surface area contributed by atoms with E-state index < -0.39 is 0 Å². The molecule has 1 radical (unpaired) electrons. The first-order valence-corrected chi connectivity index (χ1v) is 2.88. The molecule has 2 rings (SSSR count). The molecular weight excluding hydrogens is 100 g/mol. The molecule has 1 aliphatic carbocycles. The predicted octanol–water partition coefficient (Wildman–Crippen LogP) is 1.09. The third kappa shape index (κ3) is 0.529. The molecule has 1 N–H and O–H groups in total. The molecule has 2 nitrogen and oxygen atoms in total. The van der Waals surface area contributed by atoms with Gasteiger partial charge in [0.05, 0.1) is 5.69 Å². The van der Waals surface area contributed by atoms with Crippen LogP contribution in [0.3, 0.4) is 0 Å². The van der Waals surface area contributed by atoms with Crippen molar-refractivity contribution in [1.29, 1.82) is 0 Å². The summed E-state index contributed by atoms with van der Waals surface area (Å²) in [5.74, 6) is 0.737. The van der Waals surface area contributed by atoms with E-state index in [0.717, 1.165) is 11.6 Å². The second-order valence-electron chi connectivity index (χ2n) is 2.19. The molecule has 0 unspecified atom stereocenters. The van der Waals surface area contributed by atoms with Gasteiger partial charge in [0.2, 0.25) is 0 Å². The Morgan fingerprint density at radius 2 is 2.62 bits per heavy atom. The lowest BCUT2D eigenvalue weighted by Gasteiger charge is -1.80. The zero-order valence-electron chi connectivity index (χ0n) is 4.52. The number of aromatic nitrogens is 2.